The fraction of sp³-hybridized carbons (Fsp3) is 0.250. The topological polar surface area (TPSA) is 101 Å². The molecule has 5 nitrogen and oxygen atoms in total. The number of aliphatic carboxylic acids is 1. The number of benzene rings is 2. The van der Waals surface area contributed by atoms with Gasteiger partial charge >= 0.3 is 11.9 Å². The molecule has 2 aromatic carbocycles. The van der Waals surface area contributed by atoms with Gasteiger partial charge in [-0.1, -0.05) is 50.2 Å². The zero-order valence-electron chi connectivity index (χ0n) is 12.0. The minimum Gasteiger partial charge on any atom is -0.480 e. The van der Waals surface area contributed by atoms with E-state index in [1.54, 1.807) is 26.0 Å². The second kappa shape index (κ2) is 7.40. The molecule has 0 amide bonds. The van der Waals surface area contributed by atoms with E-state index in [1.807, 2.05) is 30.3 Å². The smallest absolute Gasteiger partial charge is 0.336 e. The summed E-state index contributed by atoms with van der Waals surface area (Å²) in [6, 6.07) is 12.0. The summed E-state index contributed by atoms with van der Waals surface area (Å²) in [4.78, 5) is 20.8. The van der Waals surface area contributed by atoms with Gasteiger partial charge < -0.3 is 15.9 Å². The van der Waals surface area contributed by atoms with Crippen LogP contribution in [-0.4, -0.2) is 28.2 Å². The van der Waals surface area contributed by atoms with E-state index in [4.69, 9.17) is 15.9 Å². The summed E-state index contributed by atoms with van der Waals surface area (Å²) >= 11 is 0. The molecule has 0 aromatic heterocycles. The van der Waals surface area contributed by atoms with Crippen LogP contribution in [0.15, 0.2) is 42.5 Å². The number of nitrogens with two attached hydrogens (primary N) is 1. The van der Waals surface area contributed by atoms with Gasteiger partial charge in [-0.05, 0) is 22.8 Å². The Hall–Kier alpha value is -2.40. The maximum atomic E-state index is 10.8. The Balaban J connectivity index is 0.000000240. The zero-order valence-corrected chi connectivity index (χ0v) is 12.0. The SMILES string of the molecule is CC(C)[C@H](N)C(=O)O.O=C(O)c1cccc2ccccc12. The van der Waals surface area contributed by atoms with Gasteiger partial charge in [-0.15, -0.1) is 0 Å². The van der Waals surface area contributed by atoms with Crippen LogP contribution in [0.4, 0.5) is 0 Å². The summed E-state index contributed by atoms with van der Waals surface area (Å²) in [5, 5.41) is 18.9. The van der Waals surface area contributed by atoms with Gasteiger partial charge in [0.15, 0.2) is 0 Å². The molecule has 1 atom stereocenters. The standard InChI is InChI=1S/C11H8O2.C5H11NO2/c12-11(13)10-7-3-5-8-4-1-2-6-9(8)10;1-3(2)4(6)5(7)8/h1-7H,(H,12,13);3-4H,6H2,1-2H3,(H,7,8)/t;4-/m.0/s1. The molecule has 2 aromatic rings. The molecule has 5 heteroatoms. The summed E-state index contributed by atoms with van der Waals surface area (Å²) in [6.45, 7) is 3.55. The predicted molar refractivity (Wildman–Crippen MR) is 81.4 cm³/mol. The second-order valence-corrected chi connectivity index (χ2v) is 4.94. The Kier molecular flexibility index (Phi) is 5.87. The van der Waals surface area contributed by atoms with Gasteiger partial charge in [0.05, 0.1) is 5.56 Å². The molecular weight excluding hydrogens is 270 g/mol. The number of fused-ring (bicyclic) bond motifs is 1. The molecule has 0 saturated heterocycles. The van der Waals surface area contributed by atoms with Crippen molar-refractivity contribution in [2.75, 3.05) is 0 Å². The lowest BCUT2D eigenvalue weighted by atomic mass is 10.1. The van der Waals surface area contributed by atoms with E-state index >= 15 is 0 Å². The van der Waals surface area contributed by atoms with Crippen molar-refractivity contribution in [2.24, 2.45) is 11.7 Å². The molecular formula is C16H19NO4. The lowest BCUT2D eigenvalue weighted by Crippen LogP contribution is -2.34. The predicted octanol–water partition coefficient (Wildman–Crippen LogP) is 2.59. The number of hydrogen-bond acceptors (Lipinski definition) is 3. The van der Waals surface area contributed by atoms with Crippen LogP contribution in [0, 0.1) is 5.92 Å². The summed E-state index contributed by atoms with van der Waals surface area (Å²) in [7, 11) is 0. The van der Waals surface area contributed by atoms with Crippen molar-refractivity contribution in [1.82, 2.24) is 0 Å². The summed E-state index contributed by atoms with van der Waals surface area (Å²) in [6.07, 6.45) is 0. The number of carbonyl (C=O) groups is 2. The minimum absolute atomic E-state index is 0.0208. The van der Waals surface area contributed by atoms with Crippen molar-refractivity contribution in [3.8, 4) is 0 Å². The molecule has 21 heavy (non-hydrogen) atoms. The van der Waals surface area contributed by atoms with Crippen molar-refractivity contribution < 1.29 is 19.8 Å². The molecule has 0 heterocycles. The quantitative estimate of drug-likeness (QED) is 0.806. The Morgan fingerprint density at radius 3 is 2.05 bits per heavy atom. The average molecular weight is 289 g/mol. The Bertz CT molecular complexity index is 632. The van der Waals surface area contributed by atoms with Crippen molar-refractivity contribution >= 4 is 22.7 Å². The van der Waals surface area contributed by atoms with Crippen molar-refractivity contribution in [3.63, 3.8) is 0 Å². The summed E-state index contributed by atoms with van der Waals surface area (Å²) in [5.74, 6) is -1.79. The van der Waals surface area contributed by atoms with E-state index < -0.39 is 18.0 Å². The van der Waals surface area contributed by atoms with Crippen molar-refractivity contribution in [3.05, 3.63) is 48.0 Å². The van der Waals surface area contributed by atoms with Crippen LogP contribution in [0.3, 0.4) is 0 Å². The number of hydrogen-bond donors (Lipinski definition) is 3. The molecule has 0 fully saturated rings. The van der Waals surface area contributed by atoms with Gasteiger partial charge in [0.25, 0.3) is 0 Å². The van der Waals surface area contributed by atoms with E-state index in [1.165, 1.54) is 0 Å². The zero-order chi connectivity index (χ0) is 16.0. The van der Waals surface area contributed by atoms with E-state index in [2.05, 4.69) is 0 Å². The van der Waals surface area contributed by atoms with Crippen LogP contribution >= 0.6 is 0 Å². The number of carboxylic acid groups (broad SMARTS) is 2. The van der Waals surface area contributed by atoms with Gasteiger partial charge in [0.2, 0.25) is 0 Å². The highest BCUT2D eigenvalue weighted by molar-refractivity contribution is 6.03. The molecule has 0 bridgehead atoms. The Morgan fingerprint density at radius 2 is 1.57 bits per heavy atom. The van der Waals surface area contributed by atoms with Crippen LogP contribution in [0.1, 0.15) is 24.2 Å². The van der Waals surface area contributed by atoms with Crippen LogP contribution in [0.25, 0.3) is 10.8 Å². The molecule has 2 rings (SSSR count). The Labute approximate surface area is 123 Å². The third-order valence-corrected chi connectivity index (χ3v) is 3.02. The maximum absolute atomic E-state index is 10.8. The Morgan fingerprint density at radius 1 is 1.00 bits per heavy atom. The highest BCUT2D eigenvalue weighted by atomic mass is 16.4. The first-order valence-corrected chi connectivity index (χ1v) is 6.54. The van der Waals surface area contributed by atoms with E-state index in [0.29, 0.717) is 5.56 Å². The van der Waals surface area contributed by atoms with Gasteiger partial charge in [-0.25, -0.2) is 4.79 Å². The van der Waals surface area contributed by atoms with Crippen LogP contribution in [-0.2, 0) is 4.79 Å². The molecule has 0 aliphatic carbocycles. The van der Waals surface area contributed by atoms with Gasteiger partial charge in [-0.3, -0.25) is 4.79 Å². The molecule has 112 valence electrons. The monoisotopic (exact) mass is 289 g/mol. The molecule has 0 radical (unpaired) electrons. The van der Waals surface area contributed by atoms with Crippen molar-refractivity contribution in [1.29, 1.82) is 0 Å². The summed E-state index contributed by atoms with van der Waals surface area (Å²) < 4.78 is 0. The first-order valence-electron chi connectivity index (χ1n) is 6.54. The first-order chi connectivity index (χ1) is 9.84. The van der Waals surface area contributed by atoms with E-state index in [0.717, 1.165) is 10.8 Å². The van der Waals surface area contributed by atoms with Gasteiger partial charge in [-0.2, -0.15) is 0 Å². The fourth-order valence-electron chi connectivity index (χ4n) is 1.70. The van der Waals surface area contributed by atoms with Crippen LogP contribution < -0.4 is 5.73 Å². The van der Waals surface area contributed by atoms with Gasteiger partial charge in [0.1, 0.15) is 6.04 Å². The fourth-order valence-corrected chi connectivity index (χ4v) is 1.70. The maximum Gasteiger partial charge on any atom is 0.336 e. The third kappa shape index (κ3) is 4.57. The molecule has 0 aliphatic rings. The van der Waals surface area contributed by atoms with E-state index in [9.17, 15) is 9.59 Å². The van der Waals surface area contributed by atoms with E-state index in [-0.39, 0.29) is 5.92 Å². The number of aromatic carboxylic acids is 1. The second-order valence-electron chi connectivity index (χ2n) is 4.94. The molecule has 0 spiro atoms. The average Bonchev–Trinajstić information content (AvgIpc) is 2.46. The molecule has 4 N–H and O–H groups in total. The largest absolute Gasteiger partial charge is 0.480 e. The molecule has 0 unspecified atom stereocenters. The minimum atomic E-state index is -0.931. The molecule has 0 aliphatic heterocycles. The number of rotatable bonds is 3. The first kappa shape index (κ1) is 16.7. The van der Waals surface area contributed by atoms with Gasteiger partial charge in [0, 0.05) is 0 Å². The third-order valence-electron chi connectivity index (χ3n) is 3.02. The number of carboxylic acids is 2. The molecule has 0 saturated carbocycles. The van der Waals surface area contributed by atoms with Crippen LogP contribution in [0.2, 0.25) is 0 Å². The highest BCUT2D eigenvalue weighted by Crippen LogP contribution is 2.17. The van der Waals surface area contributed by atoms with Crippen molar-refractivity contribution in [2.45, 2.75) is 19.9 Å². The lowest BCUT2D eigenvalue weighted by Gasteiger charge is -2.07. The lowest BCUT2D eigenvalue weighted by molar-refractivity contribution is -0.139. The van der Waals surface area contributed by atoms with Crippen LogP contribution in [0.5, 0.6) is 0 Å². The highest BCUT2D eigenvalue weighted by Gasteiger charge is 2.14. The normalized spacial score (nSPS) is 11.6. The summed E-state index contributed by atoms with van der Waals surface area (Å²) in [5.41, 5.74) is 5.52.